The first-order valence-corrected chi connectivity index (χ1v) is 8.58. The molecule has 1 aromatic heterocycles. The molecular weight excluding hydrogens is 347 g/mol. The van der Waals surface area contributed by atoms with Crippen LogP contribution in [0.1, 0.15) is 6.42 Å². The maximum Gasteiger partial charge on any atom is 0.229 e. The first-order valence-electron chi connectivity index (χ1n) is 8.58. The number of hydrogen-bond donors (Lipinski definition) is 1. The van der Waals surface area contributed by atoms with Crippen LogP contribution < -0.4 is 10.2 Å². The first-order chi connectivity index (χ1) is 13.1. The van der Waals surface area contributed by atoms with Crippen molar-refractivity contribution in [1.29, 1.82) is 0 Å². The van der Waals surface area contributed by atoms with Crippen LogP contribution >= 0.6 is 0 Å². The van der Waals surface area contributed by atoms with Crippen molar-refractivity contribution in [3.8, 4) is 5.69 Å². The summed E-state index contributed by atoms with van der Waals surface area (Å²) >= 11 is 0. The van der Waals surface area contributed by atoms with E-state index < -0.39 is 11.7 Å². The van der Waals surface area contributed by atoms with Crippen molar-refractivity contribution in [3.63, 3.8) is 0 Å². The lowest BCUT2D eigenvalue weighted by Crippen LogP contribution is -2.29. The monoisotopic (exact) mass is 364 g/mol. The molecule has 2 aromatic carbocycles. The molecule has 1 aliphatic rings. The second-order valence-corrected chi connectivity index (χ2v) is 6.31. The molecule has 0 bridgehead atoms. The van der Waals surface area contributed by atoms with Crippen molar-refractivity contribution in [2.45, 2.75) is 6.42 Å². The molecule has 6 nitrogen and oxygen atoms in total. The maximum absolute atomic E-state index is 14.0. The molecule has 2 heterocycles. The molecule has 0 saturated carbocycles. The van der Waals surface area contributed by atoms with E-state index in [0.29, 0.717) is 5.69 Å². The fraction of sp³-hybridized carbons (Fsp3) is 0.150. The third-order valence-electron chi connectivity index (χ3n) is 4.55. The van der Waals surface area contributed by atoms with E-state index >= 15 is 0 Å². The number of anilines is 2. The number of rotatable bonds is 4. The number of benzene rings is 2. The van der Waals surface area contributed by atoms with Crippen LogP contribution in [0.4, 0.5) is 15.8 Å². The van der Waals surface area contributed by atoms with E-state index in [1.54, 1.807) is 47.4 Å². The highest BCUT2D eigenvalue weighted by Crippen LogP contribution is 2.28. The lowest BCUT2D eigenvalue weighted by molar-refractivity contribution is -0.122. The summed E-state index contributed by atoms with van der Waals surface area (Å²) < 4.78 is 15.6. The Balaban J connectivity index is 1.52. The molecule has 0 aliphatic carbocycles. The Morgan fingerprint density at radius 1 is 1.07 bits per heavy atom. The van der Waals surface area contributed by atoms with Crippen LogP contribution in [0.3, 0.4) is 0 Å². The lowest BCUT2D eigenvalue weighted by Gasteiger charge is -2.17. The minimum atomic E-state index is -0.553. The number of nitrogens with zero attached hydrogens (tertiary/aromatic N) is 3. The highest BCUT2D eigenvalue weighted by molar-refractivity contribution is 6.04. The number of aromatic nitrogens is 2. The summed E-state index contributed by atoms with van der Waals surface area (Å²) in [7, 11) is 0. The number of carbonyl (C=O) groups excluding carboxylic acids is 2. The van der Waals surface area contributed by atoms with Gasteiger partial charge in [0.15, 0.2) is 0 Å². The minimum absolute atomic E-state index is 0.0457. The molecule has 1 fully saturated rings. The molecular formula is C20H17FN4O2. The Labute approximate surface area is 155 Å². The molecule has 27 heavy (non-hydrogen) atoms. The topological polar surface area (TPSA) is 67.2 Å². The van der Waals surface area contributed by atoms with Gasteiger partial charge in [-0.05, 0) is 30.3 Å². The Morgan fingerprint density at radius 2 is 1.81 bits per heavy atom. The second kappa shape index (κ2) is 7.03. The van der Waals surface area contributed by atoms with Crippen LogP contribution in [0.15, 0.2) is 67.0 Å². The fourth-order valence-corrected chi connectivity index (χ4v) is 3.21. The van der Waals surface area contributed by atoms with E-state index in [1.165, 1.54) is 11.0 Å². The number of para-hydroxylation sites is 3. The normalized spacial score (nSPS) is 16.6. The minimum Gasteiger partial charge on any atom is -0.324 e. The maximum atomic E-state index is 14.0. The van der Waals surface area contributed by atoms with Crippen LogP contribution in [0.25, 0.3) is 5.69 Å². The van der Waals surface area contributed by atoms with Gasteiger partial charge in [0, 0.05) is 25.4 Å². The SMILES string of the molecule is O=C(Nc1ccccc1-n1cccn1)[C@@H]1CC(=O)N(c2ccccc2F)C1. The van der Waals surface area contributed by atoms with Gasteiger partial charge in [-0.3, -0.25) is 9.59 Å². The van der Waals surface area contributed by atoms with Gasteiger partial charge in [-0.1, -0.05) is 24.3 Å². The summed E-state index contributed by atoms with van der Waals surface area (Å²) in [6.45, 7) is 0.148. The zero-order valence-electron chi connectivity index (χ0n) is 14.4. The van der Waals surface area contributed by atoms with Gasteiger partial charge in [0.25, 0.3) is 0 Å². The van der Waals surface area contributed by atoms with Crippen LogP contribution in [-0.4, -0.2) is 28.1 Å². The number of halogens is 1. The van der Waals surface area contributed by atoms with Gasteiger partial charge in [0.05, 0.1) is 23.0 Å². The van der Waals surface area contributed by atoms with Crippen molar-refractivity contribution in [2.75, 3.05) is 16.8 Å². The number of carbonyl (C=O) groups is 2. The second-order valence-electron chi connectivity index (χ2n) is 6.31. The summed E-state index contributed by atoms with van der Waals surface area (Å²) in [4.78, 5) is 26.4. The van der Waals surface area contributed by atoms with Gasteiger partial charge in [-0.25, -0.2) is 9.07 Å². The van der Waals surface area contributed by atoms with E-state index in [9.17, 15) is 14.0 Å². The fourth-order valence-electron chi connectivity index (χ4n) is 3.21. The highest BCUT2D eigenvalue weighted by atomic mass is 19.1. The molecule has 1 saturated heterocycles. The molecule has 0 spiro atoms. The van der Waals surface area contributed by atoms with Crippen LogP contribution in [0, 0.1) is 11.7 Å². The van der Waals surface area contributed by atoms with E-state index in [0.717, 1.165) is 5.69 Å². The van der Waals surface area contributed by atoms with Crippen molar-refractivity contribution in [1.82, 2.24) is 9.78 Å². The summed E-state index contributed by atoms with van der Waals surface area (Å²) in [5, 5.41) is 7.06. The van der Waals surface area contributed by atoms with Gasteiger partial charge >= 0.3 is 0 Å². The summed E-state index contributed by atoms with van der Waals surface area (Å²) in [6, 6.07) is 15.2. The molecule has 7 heteroatoms. The third kappa shape index (κ3) is 3.31. The average molecular weight is 364 g/mol. The van der Waals surface area contributed by atoms with Crippen LogP contribution in [-0.2, 0) is 9.59 Å². The van der Waals surface area contributed by atoms with E-state index in [1.807, 2.05) is 18.2 Å². The Kier molecular flexibility index (Phi) is 4.42. The Morgan fingerprint density at radius 3 is 2.56 bits per heavy atom. The number of hydrogen-bond acceptors (Lipinski definition) is 3. The van der Waals surface area contributed by atoms with E-state index in [4.69, 9.17) is 0 Å². The van der Waals surface area contributed by atoms with Crippen molar-refractivity contribution in [3.05, 3.63) is 72.8 Å². The molecule has 3 aromatic rings. The highest BCUT2D eigenvalue weighted by Gasteiger charge is 2.36. The quantitative estimate of drug-likeness (QED) is 0.774. The van der Waals surface area contributed by atoms with Crippen molar-refractivity contribution in [2.24, 2.45) is 5.92 Å². The van der Waals surface area contributed by atoms with Gasteiger partial charge in [0.2, 0.25) is 11.8 Å². The molecule has 1 N–H and O–H groups in total. The van der Waals surface area contributed by atoms with Crippen LogP contribution in [0.5, 0.6) is 0 Å². The smallest absolute Gasteiger partial charge is 0.229 e. The van der Waals surface area contributed by atoms with E-state index in [-0.39, 0.29) is 30.5 Å². The summed E-state index contributed by atoms with van der Waals surface area (Å²) in [5.74, 6) is -1.57. The standard InChI is InChI=1S/C20H17FN4O2/c21-15-6-1-3-8-17(15)24-13-14(12-19(24)26)20(27)23-16-7-2-4-9-18(16)25-11-5-10-22-25/h1-11,14H,12-13H2,(H,23,27)/t14-/m1/s1. The largest absolute Gasteiger partial charge is 0.324 e. The van der Waals surface area contributed by atoms with Gasteiger partial charge < -0.3 is 10.2 Å². The molecule has 0 radical (unpaired) electrons. The average Bonchev–Trinajstić information content (AvgIpc) is 3.33. The van der Waals surface area contributed by atoms with Crippen LogP contribution in [0.2, 0.25) is 0 Å². The molecule has 136 valence electrons. The predicted molar refractivity (Wildman–Crippen MR) is 99.1 cm³/mol. The summed E-state index contributed by atoms with van der Waals surface area (Å²) in [6.07, 6.45) is 3.48. The first kappa shape index (κ1) is 17.0. The Bertz CT molecular complexity index is 987. The van der Waals surface area contributed by atoms with E-state index in [2.05, 4.69) is 10.4 Å². The predicted octanol–water partition coefficient (Wildman–Crippen LogP) is 3.00. The third-order valence-corrected chi connectivity index (χ3v) is 4.55. The van der Waals surface area contributed by atoms with Crippen molar-refractivity contribution >= 4 is 23.2 Å². The molecule has 2 amide bonds. The number of nitrogens with one attached hydrogen (secondary N) is 1. The van der Waals surface area contributed by atoms with Gasteiger partial charge in [0.1, 0.15) is 5.82 Å². The zero-order chi connectivity index (χ0) is 18.8. The lowest BCUT2D eigenvalue weighted by atomic mass is 10.1. The van der Waals surface area contributed by atoms with Gasteiger partial charge in [-0.2, -0.15) is 5.10 Å². The molecule has 1 atom stereocenters. The molecule has 4 rings (SSSR count). The van der Waals surface area contributed by atoms with Gasteiger partial charge in [-0.15, -0.1) is 0 Å². The van der Waals surface area contributed by atoms with Crippen molar-refractivity contribution < 1.29 is 14.0 Å². The molecule has 1 aliphatic heterocycles. The Hall–Kier alpha value is -3.48. The zero-order valence-corrected chi connectivity index (χ0v) is 14.4. The molecule has 0 unspecified atom stereocenters. The number of amides is 2. The summed E-state index contributed by atoms with van der Waals surface area (Å²) in [5.41, 5.74) is 1.53.